The first-order chi connectivity index (χ1) is 13.9. The second-order valence-electron chi connectivity index (χ2n) is 8.73. The lowest BCUT2D eigenvalue weighted by molar-refractivity contribution is 0.115. The number of ether oxygens (including phenoxy) is 1. The Labute approximate surface area is 188 Å². The normalized spacial score (nSPS) is 11.8. The molecule has 2 aromatic carbocycles. The van der Waals surface area contributed by atoms with Crippen molar-refractivity contribution in [1.82, 2.24) is 0 Å². The fourth-order valence-corrected chi connectivity index (χ4v) is 5.94. The number of unbranched alkanes of at least 4 members (excludes halogenated alkanes) is 2. The third-order valence-electron chi connectivity index (χ3n) is 5.73. The molecule has 2 aromatic rings. The highest BCUT2D eigenvalue weighted by atomic mass is 35.5. The molecule has 30 heavy (non-hydrogen) atoms. The molecular weight excluding hydrogens is 414 g/mol. The van der Waals surface area contributed by atoms with Crippen LogP contribution in [0.15, 0.2) is 54.6 Å². The van der Waals surface area contributed by atoms with Gasteiger partial charge in [0.15, 0.2) is 0 Å². The highest BCUT2D eigenvalue weighted by Crippen LogP contribution is 2.18. The number of rotatable bonds is 13. The third kappa shape index (κ3) is 8.78. The molecular formula is C24H38ClNO3Si. The summed E-state index contributed by atoms with van der Waals surface area (Å²) in [6.45, 7) is 5.23. The molecule has 0 radical (unpaired) electrons. The Morgan fingerprint density at radius 2 is 1.53 bits per heavy atom. The highest BCUT2D eigenvalue weighted by Gasteiger charge is 2.23. The van der Waals surface area contributed by atoms with Gasteiger partial charge in [0.2, 0.25) is 0 Å². The van der Waals surface area contributed by atoms with Gasteiger partial charge < -0.3 is 20.7 Å². The second kappa shape index (κ2) is 13.1. The molecule has 0 saturated heterocycles. The van der Waals surface area contributed by atoms with Crippen molar-refractivity contribution in [2.75, 3.05) is 19.8 Å². The molecule has 0 unspecified atom stereocenters. The first kappa shape index (κ1) is 26.7. The minimum atomic E-state index is -1.32. The van der Waals surface area contributed by atoms with Crippen molar-refractivity contribution in [3.05, 3.63) is 60.2 Å². The zero-order chi connectivity index (χ0) is 21.2. The summed E-state index contributed by atoms with van der Waals surface area (Å²) in [7, 11) is -1.32. The van der Waals surface area contributed by atoms with Gasteiger partial charge in [-0.3, -0.25) is 0 Å². The molecule has 0 heterocycles. The predicted molar refractivity (Wildman–Crippen MR) is 131 cm³/mol. The maximum absolute atomic E-state index is 9.27. The summed E-state index contributed by atoms with van der Waals surface area (Å²) in [5, 5.41) is 20.1. The minimum Gasteiger partial charge on any atom is -0.494 e. The van der Waals surface area contributed by atoms with Gasteiger partial charge in [0.25, 0.3) is 0 Å². The Balaban J connectivity index is 0.00000450. The van der Waals surface area contributed by atoms with Crippen LogP contribution in [0.4, 0.5) is 0 Å². The molecule has 0 aromatic heterocycles. The molecule has 0 spiro atoms. The van der Waals surface area contributed by atoms with Gasteiger partial charge in [-0.1, -0.05) is 79.6 Å². The standard InChI is InChI=1S/C24H37NO3Si.ClH/c1-29(2,23-9-5-3-6-10-23)18-8-4-7-17-28-22-13-11-21(12-14-22)15-16-24(25,19-26)20-27;/h3,5-6,9-14,26-27H,4,7-8,15-20,25H2,1-2H3;1H. The molecule has 0 aliphatic carbocycles. The quantitative estimate of drug-likeness (QED) is 0.319. The van der Waals surface area contributed by atoms with Crippen molar-refractivity contribution in [2.24, 2.45) is 5.73 Å². The van der Waals surface area contributed by atoms with Crippen molar-refractivity contribution in [1.29, 1.82) is 0 Å². The fraction of sp³-hybridized carbons (Fsp3) is 0.500. The van der Waals surface area contributed by atoms with Crippen LogP contribution in [0.25, 0.3) is 0 Å². The molecule has 0 atom stereocenters. The third-order valence-corrected chi connectivity index (χ3v) is 9.23. The number of hydrogen-bond acceptors (Lipinski definition) is 4. The highest BCUT2D eigenvalue weighted by molar-refractivity contribution is 6.89. The van der Waals surface area contributed by atoms with Crippen LogP contribution < -0.4 is 15.7 Å². The van der Waals surface area contributed by atoms with Crippen LogP contribution in [0.1, 0.15) is 31.2 Å². The lowest BCUT2D eigenvalue weighted by Gasteiger charge is -2.24. The van der Waals surface area contributed by atoms with E-state index in [0.717, 1.165) is 30.8 Å². The molecule has 4 nitrogen and oxygen atoms in total. The van der Waals surface area contributed by atoms with Crippen LogP contribution >= 0.6 is 12.4 Å². The molecule has 6 heteroatoms. The zero-order valence-corrected chi connectivity index (χ0v) is 20.2. The molecule has 2 rings (SSSR count). The van der Waals surface area contributed by atoms with E-state index in [4.69, 9.17) is 10.5 Å². The number of halogens is 1. The summed E-state index contributed by atoms with van der Waals surface area (Å²) in [6, 6.07) is 20.3. The Bertz CT molecular complexity index is 706. The van der Waals surface area contributed by atoms with Crippen LogP contribution in [0, 0.1) is 0 Å². The van der Waals surface area contributed by atoms with E-state index in [2.05, 4.69) is 43.4 Å². The van der Waals surface area contributed by atoms with E-state index in [-0.39, 0.29) is 25.6 Å². The first-order valence-corrected chi connectivity index (χ1v) is 13.9. The van der Waals surface area contributed by atoms with Crippen LogP contribution in [0.3, 0.4) is 0 Å². The van der Waals surface area contributed by atoms with Gasteiger partial charge in [0.1, 0.15) is 5.75 Å². The monoisotopic (exact) mass is 451 g/mol. The Morgan fingerprint density at radius 1 is 0.900 bits per heavy atom. The smallest absolute Gasteiger partial charge is 0.119 e. The molecule has 0 aliphatic rings. The van der Waals surface area contributed by atoms with E-state index in [1.165, 1.54) is 18.9 Å². The lowest BCUT2D eigenvalue weighted by Crippen LogP contribution is -2.47. The summed E-state index contributed by atoms with van der Waals surface area (Å²) >= 11 is 0. The first-order valence-electron chi connectivity index (χ1n) is 10.7. The van der Waals surface area contributed by atoms with Crippen LogP contribution in [-0.4, -0.2) is 43.6 Å². The van der Waals surface area contributed by atoms with Crippen molar-refractivity contribution in [3.8, 4) is 5.75 Å². The van der Waals surface area contributed by atoms with Gasteiger partial charge in [-0.25, -0.2) is 0 Å². The van der Waals surface area contributed by atoms with Crippen molar-refractivity contribution in [3.63, 3.8) is 0 Å². The van der Waals surface area contributed by atoms with E-state index in [0.29, 0.717) is 6.42 Å². The molecule has 0 aliphatic heterocycles. The zero-order valence-electron chi connectivity index (χ0n) is 18.3. The van der Waals surface area contributed by atoms with Crippen molar-refractivity contribution >= 4 is 25.7 Å². The Kier molecular flexibility index (Phi) is 11.7. The van der Waals surface area contributed by atoms with Gasteiger partial charge in [0, 0.05) is 0 Å². The van der Waals surface area contributed by atoms with E-state index in [9.17, 15) is 10.2 Å². The minimum absolute atomic E-state index is 0. The number of aryl methyl sites for hydroxylation is 1. The van der Waals surface area contributed by atoms with E-state index in [1.807, 2.05) is 24.3 Å². The summed E-state index contributed by atoms with van der Waals surface area (Å²) in [5.41, 5.74) is 6.13. The number of aliphatic hydroxyl groups excluding tert-OH is 2. The molecule has 0 fully saturated rings. The number of benzene rings is 2. The van der Waals surface area contributed by atoms with Crippen molar-refractivity contribution in [2.45, 2.75) is 56.8 Å². The number of nitrogens with two attached hydrogens (primary N) is 1. The lowest BCUT2D eigenvalue weighted by atomic mass is 9.94. The summed E-state index contributed by atoms with van der Waals surface area (Å²) in [4.78, 5) is 0. The molecule has 0 bridgehead atoms. The number of aliphatic hydroxyl groups is 2. The average Bonchev–Trinajstić information content (AvgIpc) is 2.76. The van der Waals surface area contributed by atoms with Gasteiger partial charge in [-0.15, -0.1) is 12.4 Å². The van der Waals surface area contributed by atoms with Crippen LogP contribution in [-0.2, 0) is 6.42 Å². The summed E-state index contributed by atoms with van der Waals surface area (Å²) in [5.74, 6) is 0.885. The molecule has 4 N–H and O–H groups in total. The SMILES string of the molecule is C[Si](C)(CCCCCOc1ccc(CCC(N)(CO)CO)cc1)c1ccccc1.Cl. The molecule has 0 saturated carbocycles. The topological polar surface area (TPSA) is 75.7 Å². The Hall–Kier alpha value is -1.37. The molecule has 168 valence electrons. The van der Waals surface area contributed by atoms with E-state index >= 15 is 0 Å². The number of hydrogen-bond donors (Lipinski definition) is 3. The largest absolute Gasteiger partial charge is 0.494 e. The van der Waals surface area contributed by atoms with Gasteiger partial charge >= 0.3 is 0 Å². The maximum atomic E-state index is 9.27. The predicted octanol–water partition coefficient (Wildman–Crippen LogP) is 3.89. The maximum Gasteiger partial charge on any atom is 0.119 e. The van der Waals surface area contributed by atoms with Crippen LogP contribution in [0.5, 0.6) is 5.75 Å². The van der Waals surface area contributed by atoms with Gasteiger partial charge in [-0.2, -0.15) is 0 Å². The van der Waals surface area contributed by atoms with E-state index in [1.54, 1.807) is 5.19 Å². The van der Waals surface area contributed by atoms with Gasteiger partial charge in [0.05, 0.1) is 33.4 Å². The fourth-order valence-electron chi connectivity index (χ4n) is 3.42. The van der Waals surface area contributed by atoms with Gasteiger partial charge in [-0.05, 0) is 37.0 Å². The summed E-state index contributed by atoms with van der Waals surface area (Å²) in [6.07, 6.45) is 4.79. The van der Waals surface area contributed by atoms with E-state index < -0.39 is 13.6 Å². The van der Waals surface area contributed by atoms with Crippen molar-refractivity contribution < 1.29 is 14.9 Å². The Morgan fingerprint density at radius 3 is 2.13 bits per heavy atom. The second-order valence-corrected chi connectivity index (χ2v) is 13.6. The summed E-state index contributed by atoms with van der Waals surface area (Å²) < 4.78 is 5.87. The molecule has 0 amide bonds. The average molecular weight is 452 g/mol. The van der Waals surface area contributed by atoms with Crippen LogP contribution in [0.2, 0.25) is 19.1 Å².